The normalized spacial score (nSPS) is 11.0. The number of para-hydroxylation sites is 2. The van der Waals surface area contributed by atoms with E-state index in [2.05, 4.69) is 22.9 Å². The lowest BCUT2D eigenvalue weighted by Gasteiger charge is -2.09. The van der Waals surface area contributed by atoms with Crippen LogP contribution in [0.15, 0.2) is 24.3 Å². The maximum atomic E-state index is 11.8. The molecular formula is C16H24N4O. The Labute approximate surface area is 125 Å². The second-order valence-electron chi connectivity index (χ2n) is 5.16. The zero-order valence-electron chi connectivity index (χ0n) is 12.6. The summed E-state index contributed by atoms with van der Waals surface area (Å²) in [6.07, 6.45) is 3.66. The Balaban J connectivity index is 2.13. The van der Waals surface area contributed by atoms with Crippen molar-refractivity contribution in [3.63, 3.8) is 0 Å². The Morgan fingerprint density at radius 3 is 2.95 bits per heavy atom. The molecule has 5 heteroatoms. The van der Waals surface area contributed by atoms with E-state index < -0.39 is 0 Å². The van der Waals surface area contributed by atoms with E-state index in [9.17, 15) is 4.79 Å². The number of benzene rings is 1. The number of nitrogens with zero attached hydrogens (tertiary/aromatic N) is 2. The number of nitrogens with two attached hydrogens (primary N) is 1. The second kappa shape index (κ2) is 7.78. The molecule has 3 N–H and O–H groups in total. The number of fused-ring (bicyclic) bond motifs is 1. The number of aryl methyl sites for hydroxylation is 2. The fourth-order valence-corrected chi connectivity index (χ4v) is 2.41. The molecule has 1 heterocycles. The third-order valence-electron chi connectivity index (χ3n) is 3.52. The fraction of sp³-hybridized carbons (Fsp3) is 0.500. The first-order valence-corrected chi connectivity index (χ1v) is 7.67. The number of rotatable bonds is 8. The number of nitrogens with one attached hydrogen (secondary N) is 1. The van der Waals surface area contributed by atoms with Crippen LogP contribution in [0.25, 0.3) is 11.0 Å². The molecule has 21 heavy (non-hydrogen) atoms. The van der Waals surface area contributed by atoms with Crippen LogP contribution in [-0.4, -0.2) is 28.5 Å². The van der Waals surface area contributed by atoms with Crippen molar-refractivity contribution in [1.82, 2.24) is 14.9 Å². The molecule has 0 aliphatic carbocycles. The lowest BCUT2D eigenvalue weighted by molar-refractivity contribution is -0.121. The minimum absolute atomic E-state index is 0.0414. The fourth-order valence-electron chi connectivity index (χ4n) is 2.41. The molecule has 0 saturated heterocycles. The molecule has 2 aromatic rings. The van der Waals surface area contributed by atoms with E-state index >= 15 is 0 Å². The van der Waals surface area contributed by atoms with Crippen LogP contribution in [0.4, 0.5) is 0 Å². The van der Waals surface area contributed by atoms with E-state index in [1.807, 2.05) is 18.2 Å². The van der Waals surface area contributed by atoms with Crippen molar-refractivity contribution < 1.29 is 4.79 Å². The maximum absolute atomic E-state index is 11.8. The molecule has 1 amide bonds. The number of aromatic nitrogens is 2. The Bertz CT molecular complexity index is 591. The molecule has 0 saturated carbocycles. The monoisotopic (exact) mass is 288 g/mol. The van der Waals surface area contributed by atoms with Crippen LogP contribution in [-0.2, 0) is 17.8 Å². The van der Waals surface area contributed by atoms with Crippen LogP contribution in [0, 0.1) is 0 Å². The molecule has 5 nitrogen and oxygen atoms in total. The van der Waals surface area contributed by atoms with Crippen molar-refractivity contribution in [2.75, 3.05) is 13.1 Å². The van der Waals surface area contributed by atoms with Gasteiger partial charge < -0.3 is 15.6 Å². The van der Waals surface area contributed by atoms with E-state index in [4.69, 9.17) is 10.7 Å². The molecule has 0 radical (unpaired) electrons. The smallest absolute Gasteiger partial charge is 0.221 e. The highest BCUT2D eigenvalue weighted by molar-refractivity contribution is 5.78. The van der Waals surface area contributed by atoms with E-state index in [0.29, 0.717) is 26.1 Å². The van der Waals surface area contributed by atoms with Crippen LogP contribution < -0.4 is 11.1 Å². The SMILES string of the molecule is CCCCc1nc2ccccc2n1CCC(=O)NCCN. The Kier molecular flexibility index (Phi) is 5.75. The van der Waals surface area contributed by atoms with Gasteiger partial charge in [0.05, 0.1) is 11.0 Å². The Morgan fingerprint density at radius 2 is 2.19 bits per heavy atom. The Hall–Kier alpha value is -1.88. The molecule has 0 spiro atoms. The number of carbonyl (C=O) groups excluding carboxylic acids is 1. The van der Waals surface area contributed by atoms with E-state index in [1.165, 1.54) is 0 Å². The number of imidazole rings is 1. The summed E-state index contributed by atoms with van der Waals surface area (Å²) in [5, 5.41) is 2.81. The van der Waals surface area contributed by atoms with Crippen molar-refractivity contribution in [3.8, 4) is 0 Å². The van der Waals surface area contributed by atoms with Crippen molar-refractivity contribution in [1.29, 1.82) is 0 Å². The zero-order chi connectivity index (χ0) is 15.1. The number of hydrogen-bond acceptors (Lipinski definition) is 3. The van der Waals surface area contributed by atoms with E-state index in [1.54, 1.807) is 0 Å². The molecule has 0 aliphatic rings. The van der Waals surface area contributed by atoms with Crippen molar-refractivity contribution in [3.05, 3.63) is 30.1 Å². The summed E-state index contributed by atoms with van der Waals surface area (Å²) in [5.74, 6) is 1.12. The average molecular weight is 288 g/mol. The molecule has 0 unspecified atom stereocenters. The minimum atomic E-state index is 0.0414. The Morgan fingerprint density at radius 1 is 1.38 bits per heavy atom. The van der Waals surface area contributed by atoms with Gasteiger partial charge in [0.15, 0.2) is 0 Å². The van der Waals surface area contributed by atoms with Gasteiger partial charge in [-0.25, -0.2) is 4.98 Å². The molecule has 0 aliphatic heterocycles. The van der Waals surface area contributed by atoms with Gasteiger partial charge >= 0.3 is 0 Å². The number of hydrogen-bond donors (Lipinski definition) is 2. The van der Waals surface area contributed by atoms with Gasteiger partial charge in [0.2, 0.25) is 5.91 Å². The van der Waals surface area contributed by atoms with Crippen LogP contribution in [0.2, 0.25) is 0 Å². The lowest BCUT2D eigenvalue weighted by Crippen LogP contribution is -2.29. The molecule has 2 rings (SSSR count). The maximum Gasteiger partial charge on any atom is 0.221 e. The van der Waals surface area contributed by atoms with Gasteiger partial charge in [0.25, 0.3) is 0 Å². The van der Waals surface area contributed by atoms with Gasteiger partial charge in [-0.05, 0) is 18.6 Å². The highest BCUT2D eigenvalue weighted by atomic mass is 16.1. The predicted molar refractivity (Wildman–Crippen MR) is 85.0 cm³/mol. The first-order valence-electron chi connectivity index (χ1n) is 7.67. The molecule has 1 aromatic heterocycles. The summed E-state index contributed by atoms with van der Waals surface area (Å²) in [4.78, 5) is 16.5. The quantitative estimate of drug-likeness (QED) is 0.778. The van der Waals surface area contributed by atoms with Gasteiger partial charge in [-0.3, -0.25) is 4.79 Å². The molecule has 114 valence electrons. The summed E-state index contributed by atoms with van der Waals surface area (Å²) in [6.45, 7) is 3.84. The summed E-state index contributed by atoms with van der Waals surface area (Å²) < 4.78 is 2.17. The number of amides is 1. The van der Waals surface area contributed by atoms with Crippen LogP contribution in [0.3, 0.4) is 0 Å². The van der Waals surface area contributed by atoms with E-state index in [-0.39, 0.29) is 5.91 Å². The first-order chi connectivity index (χ1) is 10.3. The summed E-state index contributed by atoms with van der Waals surface area (Å²) in [7, 11) is 0. The van der Waals surface area contributed by atoms with Crippen molar-refractivity contribution in [2.45, 2.75) is 39.2 Å². The second-order valence-corrected chi connectivity index (χ2v) is 5.16. The average Bonchev–Trinajstić information content (AvgIpc) is 2.86. The molecule has 0 fully saturated rings. The van der Waals surface area contributed by atoms with Crippen LogP contribution in [0.5, 0.6) is 0 Å². The highest BCUT2D eigenvalue weighted by Crippen LogP contribution is 2.18. The summed E-state index contributed by atoms with van der Waals surface area (Å²) >= 11 is 0. The lowest BCUT2D eigenvalue weighted by atomic mass is 10.2. The van der Waals surface area contributed by atoms with Crippen LogP contribution in [0.1, 0.15) is 32.0 Å². The number of carbonyl (C=O) groups is 1. The molecule has 1 aromatic carbocycles. The minimum Gasteiger partial charge on any atom is -0.355 e. The van der Waals surface area contributed by atoms with Gasteiger partial charge in [-0.2, -0.15) is 0 Å². The third kappa shape index (κ3) is 4.04. The summed E-state index contributed by atoms with van der Waals surface area (Å²) in [6, 6.07) is 8.10. The first kappa shape index (κ1) is 15.5. The molecule has 0 atom stereocenters. The van der Waals surface area contributed by atoms with Gasteiger partial charge in [0.1, 0.15) is 5.82 Å². The van der Waals surface area contributed by atoms with Crippen molar-refractivity contribution >= 4 is 16.9 Å². The standard InChI is InChI=1S/C16H24N4O/c1-2-3-8-15-19-13-6-4-5-7-14(13)20(15)12-9-16(21)18-11-10-17/h4-7H,2-3,8-12,17H2,1H3,(H,18,21). The predicted octanol–water partition coefficient (Wildman–Crippen LogP) is 1.84. The largest absolute Gasteiger partial charge is 0.355 e. The number of unbranched alkanes of at least 4 members (excludes halogenated alkanes) is 1. The third-order valence-corrected chi connectivity index (χ3v) is 3.52. The van der Waals surface area contributed by atoms with Gasteiger partial charge in [0, 0.05) is 32.5 Å². The van der Waals surface area contributed by atoms with Crippen molar-refractivity contribution in [2.24, 2.45) is 5.73 Å². The topological polar surface area (TPSA) is 72.9 Å². The molecule has 0 bridgehead atoms. The summed E-state index contributed by atoms with van der Waals surface area (Å²) in [5.41, 5.74) is 7.50. The van der Waals surface area contributed by atoms with E-state index in [0.717, 1.165) is 36.1 Å². The van der Waals surface area contributed by atoms with Crippen LogP contribution >= 0.6 is 0 Å². The molecular weight excluding hydrogens is 264 g/mol. The van der Waals surface area contributed by atoms with Gasteiger partial charge in [-0.1, -0.05) is 25.5 Å². The zero-order valence-corrected chi connectivity index (χ0v) is 12.6. The van der Waals surface area contributed by atoms with Gasteiger partial charge in [-0.15, -0.1) is 0 Å². The highest BCUT2D eigenvalue weighted by Gasteiger charge is 2.11.